The van der Waals surface area contributed by atoms with Crippen molar-refractivity contribution in [2.75, 3.05) is 20.3 Å². The Morgan fingerprint density at radius 3 is 2.73 bits per heavy atom. The van der Waals surface area contributed by atoms with Crippen LogP contribution in [0.15, 0.2) is 18.2 Å². The molecule has 0 N–H and O–H groups in total. The molecule has 0 spiro atoms. The third-order valence-corrected chi connectivity index (χ3v) is 2.51. The molecule has 0 amide bonds. The van der Waals surface area contributed by atoms with E-state index in [1.54, 1.807) is 7.11 Å². The van der Waals surface area contributed by atoms with Crippen LogP contribution in [0.1, 0.15) is 11.1 Å². The summed E-state index contributed by atoms with van der Waals surface area (Å²) in [4.78, 5) is 0. The SMILES string of the molecule is COc1ccc(C)cc1CC1OCCO1. The summed E-state index contributed by atoms with van der Waals surface area (Å²) in [6.45, 7) is 3.46. The summed E-state index contributed by atoms with van der Waals surface area (Å²) >= 11 is 0. The number of aryl methyl sites for hydroxylation is 1. The van der Waals surface area contributed by atoms with Gasteiger partial charge in [0.25, 0.3) is 0 Å². The number of rotatable bonds is 3. The Hall–Kier alpha value is -1.06. The van der Waals surface area contributed by atoms with Gasteiger partial charge in [-0.2, -0.15) is 0 Å². The van der Waals surface area contributed by atoms with E-state index in [1.807, 2.05) is 12.1 Å². The predicted molar refractivity (Wildman–Crippen MR) is 57.1 cm³/mol. The second-order valence-corrected chi connectivity index (χ2v) is 3.69. The quantitative estimate of drug-likeness (QED) is 0.759. The Labute approximate surface area is 90.0 Å². The van der Waals surface area contributed by atoms with E-state index in [9.17, 15) is 0 Å². The molecule has 3 nitrogen and oxygen atoms in total. The summed E-state index contributed by atoms with van der Waals surface area (Å²) in [7, 11) is 1.69. The molecule has 2 rings (SSSR count). The zero-order valence-corrected chi connectivity index (χ0v) is 9.16. The number of hydrogen-bond donors (Lipinski definition) is 0. The van der Waals surface area contributed by atoms with Crippen molar-refractivity contribution in [2.45, 2.75) is 19.6 Å². The summed E-state index contributed by atoms with van der Waals surface area (Å²) < 4.78 is 16.1. The van der Waals surface area contributed by atoms with Gasteiger partial charge in [0.05, 0.1) is 20.3 Å². The van der Waals surface area contributed by atoms with E-state index >= 15 is 0 Å². The molecule has 0 bridgehead atoms. The van der Waals surface area contributed by atoms with E-state index in [0.29, 0.717) is 13.2 Å². The van der Waals surface area contributed by atoms with Gasteiger partial charge in [0.15, 0.2) is 6.29 Å². The molecule has 1 aromatic rings. The molecule has 3 heteroatoms. The van der Waals surface area contributed by atoms with Gasteiger partial charge in [-0.15, -0.1) is 0 Å². The first kappa shape index (κ1) is 10.5. The molecule has 0 aromatic heterocycles. The molecule has 1 fully saturated rings. The Morgan fingerprint density at radius 2 is 2.07 bits per heavy atom. The molecule has 82 valence electrons. The van der Waals surface area contributed by atoms with E-state index in [2.05, 4.69) is 13.0 Å². The average molecular weight is 208 g/mol. The molecular formula is C12H16O3. The Bertz CT molecular complexity index is 330. The molecule has 1 heterocycles. The molecule has 0 saturated carbocycles. The van der Waals surface area contributed by atoms with Crippen LogP contribution in [0.4, 0.5) is 0 Å². The molecule has 0 aliphatic carbocycles. The van der Waals surface area contributed by atoms with Gasteiger partial charge in [0.1, 0.15) is 5.75 Å². The molecule has 15 heavy (non-hydrogen) atoms. The van der Waals surface area contributed by atoms with Crippen LogP contribution in [0.25, 0.3) is 0 Å². The highest BCUT2D eigenvalue weighted by molar-refractivity contribution is 5.37. The Kier molecular flexibility index (Phi) is 3.23. The summed E-state index contributed by atoms with van der Waals surface area (Å²) in [5.41, 5.74) is 2.37. The van der Waals surface area contributed by atoms with Gasteiger partial charge in [0.2, 0.25) is 0 Å². The highest BCUT2D eigenvalue weighted by Crippen LogP contribution is 2.23. The van der Waals surface area contributed by atoms with Crippen LogP contribution in [0, 0.1) is 6.92 Å². The summed E-state index contributed by atoms with van der Waals surface area (Å²) in [5.74, 6) is 0.903. The molecule has 1 aliphatic rings. The van der Waals surface area contributed by atoms with Crippen LogP contribution >= 0.6 is 0 Å². The molecular weight excluding hydrogens is 192 g/mol. The van der Waals surface area contributed by atoms with Gasteiger partial charge in [-0.3, -0.25) is 0 Å². The fourth-order valence-corrected chi connectivity index (χ4v) is 1.77. The first-order valence-corrected chi connectivity index (χ1v) is 5.16. The second kappa shape index (κ2) is 4.64. The molecule has 1 aliphatic heterocycles. The first-order chi connectivity index (χ1) is 7.29. The minimum absolute atomic E-state index is 0.110. The molecule has 1 aromatic carbocycles. The monoisotopic (exact) mass is 208 g/mol. The second-order valence-electron chi connectivity index (χ2n) is 3.69. The fraction of sp³-hybridized carbons (Fsp3) is 0.500. The highest BCUT2D eigenvalue weighted by atomic mass is 16.7. The number of methoxy groups -OCH3 is 1. The zero-order chi connectivity index (χ0) is 10.7. The minimum Gasteiger partial charge on any atom is -0.496 e. The van der Waals surface area contributed by atoms with Gasteiger partial charge >= 0.3 is 0 Å². The van der Waals surface area contributed by atoms with Gasteiger partial charge in [-0.25, -0.2) is 0 Å². The largest absolute Gasteiger partial charge is 0.496 e. The highest BCUT2D eigenvalue weighted by Gasteiger charge is 2.18. The summed E-state index contributed by atoms with van der Waals surface area (Å²) in [6, 6.07) is 6.14. The van der Waals surface area contributed by atoms with Crippen molar-refractivity contribution < 1.29 is 14.2 Å². The normalized spacial score (nSPS) is 16.9. The third-order valence-electron chi connectivity index (χ3n) is 2.51. The van der Waals surface area contributed by atoms with Crippen molar-refractivity contribution in [3.63, 3.8) is 0 Å². The Balaban J connectivity index is 2.14. The van der Waals surface area contributed by atoms with Gasteiger partial charge in [0, 0.05) is 6.42 Å². The molecule has 0 unspecified atom stereocenters. The van der Waals surface area contributed by atoms with Crippen molar-refractivity contribution in [3.8, 4) is 5.75 Å². The maximum absolute atomic E-state index is 5.42. The fourth-order valence-electron chi connectivity index (χ4n) is 1.77. The van der Waals surface area contributed by atoms with Crippen LogP contribution in [0.5, 0.6) is 5.75 Å². The topological polar surface area (TPSA) is 27.7 Å². The summed E-state index contributed by atoms with van der Waals surface area (Å²) in [5, 5.41) is 0. The molecule has 1 saturated heterocycles. The van der Waals surface area contributed by atoms with Crippen LogP contribution in [-0.4, -0.2) is 26.6 Å². The lowest BCUT2D eigenvalue weighted by atomic mass is 10.1. The van der Waals surface area contributed by atoms with E-state index in [4.69, 9.17) is 14.2 Å². The van der Waals surface area contributed by atoms with Crippen molar-refractivity contribution in [3.05, 3.63) is 29.3 Å². The van der Waals surface area contributed by atoms with Crippen molar-refractivity contribution in [1.29, 1.82) is 0 Å². The molecule has 0 radical (unpaired) electrons. The molecule has 0 atom stereocenters. The standard InChI is InChI=1S/C12H16O3/c1-9-3-4-11(13-2)10(7-9)8-12-14-5-6-15-12/h3-4,7,12H,5-6,8H2,1-2H3. The third kappa shape index (κ3) is 2.49. The van der Waals surface area contributed by atoms with Gasteiger partial charge < -0.3 is 14.2 Å². The first-order valence-electron chi connectivity index (χ1n) is 5.16. The van der Waals surface area contributed by atoms with Crippen LogP contribution in [0.3, 0.4) is 0 Å². The van der Waals surface area contributed by atoms with Gasteiger partial charge in [-0.05, 0) is 18.6 Å². The number of ether oxygens (including phenoxy) is 3. The number of hydrogen-bond acceptors (Lipinski definition) is 3. The van der Waals surface area contributed by atoms with Crippen LogP contribution in [0.2, 0.25) is 0 Å². The van der Waals surface area contributed by atoms with E-state index < -0.39 is 0 Å². The van der Waals surface area contributed by atoms with Crippen LogP contribution < -0.4 is 4.74 Å². The zero-order valence-electron chi connectivity index (χ0n) is 9.16. The number of benzene rings is 1. The lowest BCUT2D eigenvalue weighted by Gasteiger charge is -2.13. The maximum Gasteiger partial charge on any atom is 0.161 e. The average Bonchev–Trinajstić information content (AvgIpc) is 2.71. The minimum atomic E-state index is -0.110. The lowest BCUT2D eigenvalue weighted by Crippen LogP contribution is -2.12. The van der Waals surface area contributed by atoms with Crippen molar-refractivity contribution in [1.82, 2.24) is 0 Å². The van der Waals surface area contributed by atoms with Crippen molar-refractivity contribution in [2.24, 2.45) is 0 Å². The van der Waals surface area contributed by atoms with Crippen LogP contribution in [-0.2, 0) is 15.9 Å². The maximum atomic E-state index is 5.42. The smallest absolute Gasteiger partial charge is 0.161 e. The van der Waals surface area contributed by atoms with E-state index in [-0.39, 0.29) is 6.29 Å². The van der Waals surface area contributed by atoms with E-state index in [1.165, 1.54) is 5.56 Å². The van der Waals surface area contributed by atoms with E-state index in [0.717, 1.165) is 17.7 Å². The van der Waals surface area contributed by atoms with Crippen molar-refractivity contribution >= 4 is 0 Å². The Morgan fingerprint density at radius 1 is 1.33 bits per heavy atom. The summed E-state index contributed by atoms with van der Waals surface area (Å²) in [6.07, 6.45) is 0.644. The van der Waals surface area contributed by atoms with Gasteiger partial charge in [-0.1, -0.05) is 17.7 Å². The predicted octanol–water partition coefficient (Wildman–Crippen LogP) is 1.92. The lowest BCUT2D eigenvalue weighted by molar-refractivity contribution is -0.0402.